The highest BCUT2D eigenvalue weighted by Gasteiger charge is 2.06. The SMILES string of the molecule is COC1=CC=CC(C(C)C)C=C1. The van der Waals surface area contributed by atoms with Gasteiger partial charge in [-0.25, -0.2) is 0 Å². The Morgan fingerprint density at radius 1 is 1.33 bits per heavy atom. The molecular formula is C11H16O. The van der Waals surface area contributed by atoms with Crippen molar-refractivity contribution in [2.75, 3.05) is 7.11 Å². The van der Waals surface area contributed by atoms with Crippen molar-refractivity contribution in [1.82, 2.24) is 0 Å². The van der Waals surface area contributed by atoms with Crippen molar-refractivity contribution in [1.29, 1.82) is 0 Å². The van der Waals surface area contributed by atoms with Crippen LogP contribution in [0.3, 0.4) is 0 Å². The molecule has 0 aliphatic heterocycles. The zero-order valence-corrected chi connectivity index (χ0v) is 7.95. The highest BCUT2D eigenvalue weighted by atomic mass is 16.5. The van der Waals surface area contributed by atoms with E-state index in [1.807, 2.05) is 12.2 Å². The molecule has 0 N–H and O–H groups in total. The first-order chi connectivity index (χ1) is 5.74. The number of hydrogen-bond acceptors (Lipinski definition) is 1. The van der Waals surface area contributed by atoms with Crippen LogP contribution in [0.25, 0.3) is 0 Å². The molecule has 0 aromatic rings. The Morgan fingerprint density at radius 3 is 2.67 bits per heavy atom. The van der Waals surface area contributed by atoms with Crippen molar-refractivity contribution in [2.24, 2.45) is 11.8 Å². The average molecular weight is 164 g/mol. The van der Waals surface area contributed by atoms with Crippen LogP contribution in [-0.4, -0.2) is 7.11 Å². The van der Waals surface area contributed by atoms with Gasteiger partial charge in [-0.1, -0.05) is 32.1 Å². The van der Waals surface area contributed by atoms with Gasteiger partial charge in [0.05, 0.1) is 7.11 Å². The monoisotopic (exact) mass is 164 g/mol. The predicted octanol–water partition coefficient (Wildman–Crippen LogP) is 2.91. The molecule has 0 radical (unpaired) electrons. The Labute approximate surface area is 74.4 Å². The minimum Gasteiger partial charge on any atom is -0.497 e. The van der Waals surface area contributed by atoms with Gasteiger partial charge < -0.3 is 4.74 Å². The third-order valence-corrected chi connectivity index (χ3v) is 2.08. The molecule has 12 heavy (non-hydrogen) atoms. The van der Waals surface area contributed by atoms with Crippen molar-refractivity contribution >= 4 is 0 Å². The maximum absolute atomic E-state index is 5.12. The van der Waals surface area contributed by atoms with Gasteiger partial charge in [-0.3, -0.25) is 0 Å². The van der Waals surface area contributed by atoms with Crippen molar-refractivity contribution in [3.05, 3.63) is 36.1 Å². The quantitative estimate of drug-likeness (QED) is 0.609. The molecule has 0 saturated carbocycles. The molecule has 0 aromatic carbocycles. The minimum absolute atomic E-state index is 0.536. The highest BCUT2D eigenvalue weighted by Crippen LogP contribution is 2.18. The van der Waals surface area contributed by atoms with Gasteiger partial charge in [-0.15, -0.1) is 0 Å². The summed E-state index contributed by atoms with van der Waals surface area (Å²) < 4.78 is 5.12. The normalized spacial score (nSPS) is 22.3. The van der Waals surface area contributed by atoms with Crippen LogP contribution in [0.15, 0.2) is 36.1 Å². The lowest BCUT2D eigenvalue weighted by Crippen LogP contribution is -2.00. The van der Waals surface area contributed by atoms with E-state index in [0.29, 0.717) is 11.8 Å². The lowest BCUT2D eigenvalue weighted by Gasteiger charge is -2.10. The molecule has 0 saturated heterocycles. The van der Waals surface area contributed by atoms with Crippen LogP contribution >= 0.6 is 0 Å². The molecule has 1 nitrogen and oxygen atoms in total. The van der Waals surface area contributed by atoms with Gasteiger partial charge in [0.25, 0.3) is 0 Å². The Hall–Kier alpha value is -0.980. The summed E-state index contributed by atoms with van der Waals surface area (Å²) >= 11 is 0. The zero-order chi connectivity index (χ0) is 8.97. The minimum atomic E-state index is 0.536. The predicted molar refractivity (Wildman–Crippen MR) is 51.7 cm³/mol. The third-order valence-electron chi connectivity index (χ3n) is 2.08. The highest BCUT2D eigenvalue weighted by molar-refractivity contribution is 5.24. The fraction of sp³-hybridized carbons (Fsp3) is 0.455. The number of rotatable bonds is 2. The second-order valence-corrected chi connectivity index (χ2v) is 3.34. The standard InChI is InChI=1S/C11H16O/c1-9(2)10-5-4-6-11(12-3)8-7-10/h4-10H,1-3H3. The summed E-state index contributed by atoms with van der Waals surface area (Å²) in [4.78, 5) is 0. The number of ether oxygens (including phenoxy) is 1. The van der Waals surface area contributed by atoms with Crippen molar-refractivity contribution in [3.63, 3.8) is 0 Å². The Kier molecular flexibility index (Phi) is 3.15. The lowest BCUT2D eigenvalue weighted by molar-refractivity contribution is 0.306. The second kappa shape index (κ2) is 4.15. The van der Waals surface area contributed by atoms with Gasteiger partial charge >= 0.3 is 0 Å². The van der Waals surface area contributed by atoms with E-state index in [0.717, 1.165) is 5.76 Å². The Bertz CT molecular complexity index is 221. The molecule has 0 spiro atoms. The fourth-order valence-corrected chi connectivity index (χ4v) is 1.18. The average Bonchev–Trinajstić information content (AvgIpc) is 2.28. The van der Waals surface area contributed by atoms with Crippen LogP contribution in [0.4, 0.5) is 0 Å². The van der Waals surface area contributed by atoms with Crippen molar-refractivity contribution in [2.45, 2.75) is 13.8 Å². The molecule has 0 fully saturated rings. The van der Waals surface area contributed by atoms with Crippen LogP contribution in [0.1, 0.15) is 13.8 Å². The maximum Gasteiger partial charge on any atom is 0.118 e. The van der Waals surface area contributed by atoms with Gasteiger partial charge in [0.2, 0.25) is 0 Å². The van der Waals surface area contributed by atoms with E-state index in [9.17, 15) is 0 Å². The van der Waals surface area contributed by atoms with Gasteiger partial charge in [0.1, 0.15) is 5.76 Å². The van der Waals surface area contributed by atoms with Crippen molar-refractivity contribution < 1.29 is 4.74 Å². The smallest absolute Gasteiger partial charge is 0.118 e. The molecular weight excluding hydrogens is 148 g/mol. The molecule has 1 heteroatoms. The van der Waals surface area contributed by atoms with Crippen molar-refractivity contribution in [3.8, 4) is 0 Å². The number of allylic oxidation sites excluding steroid dienone is 5. The molecule has 1 aliphatic carbocycles. The van der Waals surface area contributed by atoms with Crippen LogP contribution in [0, 0.1) is 11.8 Å². The topological polar surface area (TPSA) is 9.23 Å². The van der Waals surface area contributed by atoms with E-state index >= 15 is 0 Å². The summed E-state index contributed by atoms with van der Waals surface area (Å²) in [6, 6.07) is 0. The van der Waals surface area contributed by atoms with E-state index in [4.69, 9.17) is 4.74 Å². The van der Waals surface area contributed by atoms with Crippen LogP contribution in [0.5, 0.6) is 0 Å². The molecule has 1 atom stereocenters. The van der Waals surface area contributed by atoms with Gasteiger partial charge in [0, 0.05) is 0 Å². The fourth-order valence-electron chi connectivity index (χ4n) is 1.18. The van der Waals surface area contributed by atoms with E-state index in [1.165, 1.54) is 0 Å². The summed E-state index contributed by atoms with van der Waals surface area (Å²) in [6.45, 7) is 4.44. The van der Waals surface area contributed by atoms with Gasteiger partial charge in [0.15, 0.2) is 0 Å². The van der Waals surface area contributed by atoms with E-state index < -0.39 is 0 Å². The second-order valence-electron chi connectivity index (χ2n) is 3.34. The molecule has 1 aliphatic rings. The first-order valence-electron chi connectivity index (χ1n) is 4.34. The molecule has 0 bridgehead atoms. The molecule has 1 unspecified atom stereocenters. The van der Waals surface area contributed by atoms with E-state index in [2.05, 4.69) is 32.1 Å². The largest absolute Gasteiger partial charge is 0.497 e. The summed E-state index contributed by atoms with van der Waals surface area (Å²) in [5.74, 6) is 2.12. The molecule has 0 heterocycles. The van der Waals surface area contributed by atoms with Crippen LogP contribution in [0.2, 0.25) is 0 Å². The van der Waals surface area contributed by atoms with Gasteiger partial charge in [-0.2, -0.15) is 0 Å². The Balaban J connectivity index is 2.69. The lowest BCUT2D eigenvalue weighted by atomic mass is 9.95. The maximum atomic E-state index is 5.12. The Morgan fingerprint density at radius 2 is 2.08 bits per heavy atom. The molecule has 66 valence electrons. The van der Waals surface area contributed by atoms with Crippen LogP contribution < -0.4 is 0 Å². The summed E-state index contributed by atoms with van der Waals surface area (Å²) in [5, 5.41) is 0. The number of methoxy groups -OCH3 is 1. The summed E-state index contributed by atoms with van der Waals surface area (Å²) in [7, 11) is 1.69. The molecule has 1 rings (SSSR count). The third kappa shape index (κ3) is 2.26. The van der Waals surface area contributed by atoms with Gasteiger partial charge in [-0.05, 0) is 24.0 Å². The van der Waals surface area contributed by atoms with E-state index in [1.54, 1.807) is 7.11 Å². The summed E-state index contributed by atoms with van der Waals surface area (Å²) in [6.07, 6.45) is 10.5. The molecule has 0 aromatic heterocycles. The molecule has 0 amide bonds. The first kappa shape index (κ1) is 9.11. The number of hydrogen-bond donors (Lipinski definition) is 0. The van der Waals surface area contributed by atoms with Crippen LogP contribution in [-0.2, 0) is 4.74 Å². The van der Waals surface area contributed by atoms with E-state index in [-0.39, 0.29) is 0 Å². The first-order valence-corrected chi connectivity index (χ1v) is 4.34. The zero-order valence-electron chi connectivity index (χ0n) is 7.95. The summed E-state index contributed by atoms with van der Waals surface area (Å²) in [5.41, 5.74) is 0.